The highest BCUT2D eigenvalue weighted by Crippen LogP contribution is 2.30. The van der Waals surface area contributed by atoms with Gasteiger partial charge >= 0.3 is 0 Å². The number of fused-ring (bicyclic) bond motifs is 1. The summed E-state index contributed by atoms with van der Waals surface area (Å²) in [5.74, 6) is 0. The van der Waals surface area contributed by atoms with Crippen LogP contribution in [0, 0.1) is 0 Å². The molecule has 1 aliphatic heterocycles. The van der Waals surface area contributed by atoms with Gasteiger partial charge in [-0.3, -0.25) is 0 Å². The van der Waals surface area contributed by atoms with Gasteiger partial charge in [-0.2, -0.15) is 0 Å². The zero-order valence-electron chi connectivity index (χ0n) is 9.97. The molecule has 0 saturated carbocycles. The molecule has 94 valence electrons. The Morgan fingerprint density at radius 2 is 2.12 bits per heavy atom. The van der Waals surface area contributed by atoms with Gasteiger partial charge in [-0.25, -0.2) is 13.1 Å². The van der Waals surface area contributed by atoms with Gasteiger partial charge in [-0.1, -0.05) is 0 Å². The molecule has 1 aromatic carbocycles. The highest BCUT2D eigenvalue weighted by molar-refractivity contribution is 7.89. The van der Waals surface area contributed by atoms with Crippen LogP contribution in [0.1, 0.15) is 13.8 Å². The van der Waals surface area contributed by atoms with Crippen molar-refractivity contribution in [1.29, 1.82) is 0 Å². The highest BCUT2D eigenvalue weighted by Gasteiger charge is 2.26. The predicted octanol–water partition coefficient (Wildman–Crippen LogP) is 0.776. The Bertz CT molecular complexity index is 526. The number of anilines is 2. The summed E-state index contributed by atoms with van der Waals surface area (Å²) in [6.07, 6.45) is 0. The van der Waals surface area contributed by atoms with Gasteiger partial charge in [0.25, 0.3) is 0 Å². The van der Waals surface area contributed by atoms with E-state index in [1.54, 1.807) is 12.1 Å². The Morgan fingerprint density at radius 1 is 1.41 bits per heavy atom. The van der Waals surface area contributed by atoms with Gasteiger partial charge in [-0.15, -0.1) is 0 Å². The van der Waals surface area contributed by atoms with Crippen LogP contribution in [-0.4, -0.2) is 27.5 Å². The van der Waals surface area contributed by atoms with E-state index < -0.39 is 10.0 Å². The second-order valence-electron chi connectivity index (χ2n) is 4.41. The smallest absolute Gasteiger partial charge is 0.242 e. The van der Waals surface area contributed by atoms with Crippen LogP contribution >= 0.6 is 0 Å². The maximum atomic E-state index is 12.0. The van der Waals surface area contributed by atoms with Crippen molar-refractivity contribution in [3.8, 4) is 0 Å². The molecule has 0 unspecified atom stereocenters. The molecule has 3 N–H and O–H groups in total. The monoisotopic (exact) mass is 255 g/mol. The molecule has 0 aliphatic carbocycles. The Hall–Kier alpha value is -1.27. The molecule has 6 heteroatoms. The fourth-order valence-electron chi connectivity index (χ4n) is 2.02. The third kappa shape index (κ3) is 2.23. The van der Waals surface area contributed by atoms with Crippen LogP contribution in [0.5, 0.6) is 0 Å². The molecule has 0 radical (unpaired) electrons. The van der Waals surface area contributed by atoms with Crippen molar-refractivity contribution in [3.63, 3.8) is 0 Å². The lowest BCUT2D eigenvalue weighted by Gasteiger charge is -2.28. The molecule has 1 aliphatic rings. The maximum Gasteiger partial charge on any atom is 0.242 e. The molecular formula is C11H17N3O2S. The number of hydrogen-bond acceptors (Lipinski definition) is 4. The minimum absolute atomic E-state index is 0.243. The average molecular weight is 255 g/mol. The zero-order chi connectivity index (χ0) is 12.6. The first kappa shape index (κ1) is 12.2. The van der Waals surface area contributed by atoms with Gasteiger partial charge in [0.2, 0.25) is 10.0 Å². The summed E-state index contributed by atoms with van der Waals surface area (Å²) in [4.78, 5) is 2.33. The maximum absolute atomic E-state index is 12.0. The molecule has 0 atom stereocenters. The first-order chi connectivity index (χ1) is 7.92. The number of nitrogens with zero attached hydrogens (tertiary/aromatic N) is 1. The molecule has 0 amide bonds. The van der Waals surface area contributed by atoms with Gasteiger partial charge in [0.15, 0.2) is 0 Å². The third-order valence-corrected chi connectivity index (χ3v) is 4.34. The van der Waals surface area contributed by atoms with E-state index in [2.05, 4.69) is 9.62 Å². The number of nitrogens with one attached hydrogen (secondary N) is 1. The number of benzene rings is 1. The molecular weight excluding hydrogens is 238 g/mol. The zero-order valence-corrected chi connectivity index (χ0v) is 10.8. The standard InChI is InChI=1S/C11H17N3O2S/c1-8(2)14-6-5-13-17(15,16)11-7-9(12)3-4-10(11)14/h3-4,7-8,13H,5-6,12H2,1-2H3. The van der Waals surface area contributed by atoms with Crippen molar-refractivity contribution in [2.75, 3.05) is 23.7 Å². The van der Waals surface area contributed by atoms with Crippen LogP contribution < -0.4 is 15.4 Å². The lowest BCUT2D eigenvalue weighted by molar-refractivity contribution is 0.584. The average Bonchev–Trinajstić information content (AvgIpc) is 2.36. The summed E-state index contributed by atoms with van der Waals surface area (Å²) in [5.41, 5.74) is 6.84. The summed E-state index contributed by atoms with van der Waals surface area (Å²) in [5, 5.41) is 0. The normalized spacial score (nSPS) is 18.9. The lowest BCUT2D eigenvalue weighted by Crippen LogP contribution is -2.35. The molecule has 0 spiro atoms. The fourth-order valence-corrected chi connectivity index (χ4v) is 3.29. The predicted molar refractivity (Wildman–Crippen MR) is 68.5 cm³/mol. The number of nitrogens with two attached hydrogens (primary N) is 1. The quantitative estimate of drug-likeness (QED) is 0.727. The second-order valence-corrected chi connectivity index (χ2v) is 6.15. The van der Waals surface area contributed by atoms with Crippen LogP contribution in [0.3, 0.4) is 0 Å². The van der Waals surface area contributed by atoms with Crippen molar-refractivity contribution < 1.29 is 8.42 Å². The SMILES string of the molecule is CC(C)N1CCNS(=O)(=O)c2cc(N)ccc21. The molecule has 2 rings (SSSR count). The summed E-state index contributed by atoms with van der Waals surface area (Å²) < 4.78 is 26.6. The molecule has 0 aromatic heterocycles. The van der Waals surface area contributed by atoms with Gasteiger partial charge in [-0.05, 0) is 32.0 Å². The first-order valence-corrected chi connectivity index (χ1v) is 7.06. The second kappa shape index (κ2) is 4.19. The van der Waals surface area contributed by atoms with Gasteiger partial charge in [0, 0.05) is 24.8 Å². The summed E-state index contributed by atoms with van der Waals surface area (Å²) >= 11 is 0. The van der Waals surface area contributed by atoms with E-state index in [1.165, 1.54) is 6.07 Å². The lowest BCUT2D eigenvalue weighted by atomic mass is 10.2. The molecule has 0 saturated heterocycles. The Morgan fingerprint density at radius 3 is 2.76 bits per heavy atom. The van der Waals surface area contributed by atoms with E-state index in [1.807, 2.05) is 13.8 Å². The van der Waals surface area contributed by atoms with Crippen molar-refractivity contribution in [2.45, 2.75) is 24.8 Å². The minimum Gasteiger partial charge on any atom is -0.399 e. The summed E-state index contributed by atoms with van der Waals surface area (Å²) in [6, 6.07) is 5.26. The van der Waals surface area contributed by atoms with Gasteiger partial charge < -0.3 is 10.6 Å². The van der Waals surface area contributed by atoms with E-state index in [4.69, 9.17) is 5.73 Å². The Balaban J connectivity index is 2.64. The van der Waals surface area contributed by atoms with Crippen molar-refractivity contribution in [2.24, 2.45) is 0 Å². The largest absolute Gasteiger partial charge is 0.399 e. The van der Waals surface area contributed by atoms with E-state index in [0.29, 0.717) is 18.8 Å². The van der Waals surface area contributed by atoms with Crippen molar-refractivity contribution in [1.82, 2.24) is 4.72 Å². The molecule has 1 heterocycles. The summed E-state index contributed by atoms with van der Waals surface area (Å²) in [7, 11) is -3.44. The fraction of sp³-hybridized carbons (Fsp3) is 0.455. The van der Waals surface area contributed by atoms with Crippen LogP contribution in [0.2, 0.25) is 0 Å². The number of rotatable bonds is 1. The minimum atomic E-state index is -3.44. The van der Waals surface area contributed by atoms with Crippen LogP contribution in [0.25, 0.3) is 0 Å². The molecule has 17 heavy (non-hydrogen) atoms. The third-order valence-electron chi connectivity index (χ3n) is 2.85. The Kier molecular flexibility index (Phi) is 3.01. The van der Waals surface area contributed by atoms with Crippen LogP contribution in [-0.2, 0) is 10.0 Å². The van der Waals surface area contributed by atoms with E-state index in [-0.39, 0.29) is 10.9 Å². The van der Waals surface area contributed by atoms with E-state index >= 15 is 0 Å². The van der Waals surface area contributed by atoms with E-state index in [9.17, 15) is 8.42 Å². The van der Waals surface area contributed by atoms with E-state index in [0.717, 1.165) is 5.69 Å². The molecule has 5 nitrogen and oxygen atoms in total. The molecule has 0 bridgehead atoms. The Labute approximate surface area is 102 Å². The number of sulfonamides is 1. The van der Waals surface area contributed by atoms with Crippen LogP contribution in [0.4, 0.5) is 11.4 Å². The summed E-state index contributed by atoms with van der Waals surface area (Å²) in [6.45, 7) is 5.15. The van der Waals surface area contributed by atoms with Gasteiger partial charge in [0.1, 0.15) is 4.90 Å². The first-order valence-electron chi connectivity index (χ1n) is 5.57. The number of hydrogen-bond donors (Lipinski definition) is 2. The molecule has 0 fully saturated rings. The van der Waals surface area contributed by atoms with Crippen molar-refractivity contribution in [3.05, 3.63) is 18.2 Å². The topological polar surface area (TPSA) is 75.4 Å². The van der Waals surface area contributed by atoms with Crippen molar-refractivity contribution >= 4 is 21.4 Å². The highest BCUT2D eigenvalue weighted by atomic mass is 32.2. The number of nitrogen functional groups attached to an aromatic ring is 1. The molecule has 1 aromatic rings. The van der Waals surface area contributed by atoms with Gasteiger partial charge in [0.05, 0.1) is 5.69 Å². The van der Waals surface area contributed by atoms with Crippen LogP contribution in [0.15, 0.2) is 23.1 Å².